The Balaban J connectivity index is 1.60. The van der Waals surface area contributed by atoms with E-state index in [1.54, 1.807) is 0 Å². The Labute approximate surface area is 138 Å². The molecule has 3 heterocycles. The Morgan fingerprint density at radius 2 is 1.87 bits per heavy atom. The molecule has 0 amide bonds. The second-order valence-corrected chi connectivity index (χ2v) is 8.22. The number of likely N-dealkylation sites (tertiary alicyclic amines) is 1. The predicted octanol–water partition coefficient (Wildman–Crippen LogP) is 0.768. The monoisotopic (exact) mass is 326 g/mol. The molecule has 2 atom stereocenters. The Morgan fingerprint density at radius 1 is 1.17 bits per heavy atom. The first-order valence-corrected chi connectivity index (χ1v) is 8.75. The number of carbonyl (C=O) groups is 1. The first-order chi connectivity index (χ1) is 10.9. The van der Waals surface area contributed by atoms with Crippen LogP contribution in [0.25, 0.3) is 0 Å². The fraction of sp³-hybridized carbons (Fsp3) is 0.941. The molecule has 3 saturated heterocycles. The first-order valence-electron chi connectivity index (χ1n) is 8.75. The van der Waals surface area contributed by atoms with Crippen LogP contribution in [0.1, 0.15) is 20.3 Å². The van der Waals surface area contributed by atoms with Crippen LogP contribution in [0.15, 0.2) is 0 Å². The number of morpholine rings is 1. The zero-order valence-corrected chi connectivity index (χ0v) is 14.4. The first kappa shape index (κ1) is 17.1. The minimum absolute atomic E-state index is 0.144. The average Bonchev–Trinajstić information content (AvgIpc) is 2.86. The lowest BCUT2D eigenvalue weighted by Gasteiger charge is -2.37. The minimum atomic E-state index is -0.687. The van der Waals surface area contributed by atoms with Crippen LogP contribution in [0.2, 0.25) is 0 Å². The van der Waals surface area contributed by atoms with Gasteiger partial charge in [-0.15, -0.1) is 0 Å². The molecule has 1 N–H and O–H groups in total. The van der Waals surface area contributed by atoms with E-state index < -0.39 is 11.4 Å². The minimum Gasteiger partial charge on any atom is -0.481 e. The molecule has 3 rings (SSSR count). The maximum atomic E-state index is 11.9. The van der Waals surface area contributed by atoms with Crippen molar-refractivity contribution >= 4 is 5.97 Å². The van der Waals surface area contributed by atoms with Gasteiger partial charge in [0.05, 0.1) is 19.8 Å². The van der Waals surface area contributed by atoms with Gasteiger partial charge in [-0.3, -0.25) is 9.69 Å². The lowest BCUT2D eigenvalue weighted by molar-refractivity contribution is -0.159. The standard InChI is InChI=1S/C17H30N2O4/c1-16(2,10-18-4-7-22-8-5-18)11-19-9-14-3-6-23-13-17(14,12-19)15(20)21/h14H,3-13H2,1-2H3,(H,20,21)/t14-,17+/m0/s1. The summed E-state index contributed by atoms with van der Waals surface area (Å²) in [6.07, 6.45) is 0.868. The van der Waals surface area contributed by atoms with Crippen LogP contribution in [0.5, 0.6) is 0 Å². The number of carboxylic acid groups (broad SMARTS) is 1. The van der Waals surface area contributed by atoms with Gasteiger partial charge in [0.1, 0.15) is 5.41 Å². The van der Waals surface area contributed by atoms with E-state index in [4.69, 9.17) is 9.47 Å². The third-order valence-electron chi connectivity index (χ3n) is 5.57. The molecule has 3 fully saturated rings. The number of hydrogen-bond acceptors (Lipinski definition) is 5. The van der Waals surface area contributed by atoms with E-state index in [2.05, 4.69) is 23.6 Å². The van der Waals surface area contributed by atoms with Gasteiger partial charge in [-0.05, 0) is 17.8 Å². The Hall–Kier alpha value is -0.690. The molecule has 6 heteroatoms. The zero-order valence-electron chi connectivity index (χ0n) is 14.4. The summed E-state index contributed by atoms with van der Waals surface area (Å²) in [6, 6.07) is 0. The van der Waals surface area contributed by atoms with E-state index in [0.717, 1.165) is 52.4 Å². The molecule has 3 aliphatic rings. The summed E-state index contributed by atoms with van der Waals surface area (Å²) < 4.78 is 10.9. The van der Waals surface area contributed by atoms with Gasteiger partial charge in [-0.2, -0.15) is 0 Å². The second-order valence-electron chi connectivity index (χ2n) is 8.22. The summed E-state index contributed by atoms with van der Waals surface area (Å²) in [4.78, 5) is 16.7. The Bertz CT molecular complexity index is 436. The van der Waals surface area contributed by atoms with E-state index in [1.165, 1.54) is 0 Å². The Morgan fingerprint density at radius 3 is 2.52 bits per heavy atom. The molecular weight excluding hydrogens is 296 g/mol. The van der Waals surface area contributed by atoms with E-state index in [1.807, 2.05) is 0 Å². The third-order valence-corrected chi connectivity index (χ3v) is 5.57. The van der Waals surface area contributed by atoms with E-state index in [9.17, 15) is 9.90 Å². The fourth-order valence-electron chi connectivity index (χ4n) is 4.53. The molecule has 0 radical (unpaired) electrons. The summed E-state index contributed by atoms with van der Waals surface area (Å²) in [5.41, 5.74) is -0.543. The van der Waals surface area contributed by atoms with Crippen molar-refractivity contribution in [3.63, 3.8) is 0 Å². The molecule has 0 aromatic heterocycles. The van der Waals surface area contributed by atoms with Gasteiger partial charge in [0, 0.05) is 45.9 Å². The summed E-state index contributed by atoms with van der Waals surface area (Å²) in [6.45, 7) is 12.8. The molecule has 0 saturated carbocycles. The van der Waals surface area contributed by atoms with Gasteiger partial charge in [0.25, 0.3) is 0 Å². The van der Waals surface area contributed by atoms with Crippen molar-refractivity contribution in [2.24, 2.45) is 16.7 Å². The number of ether oxygens (including phenoxy) is 2. The van der Waals surface area contributed by atoms with Gasteiger partial charge in [-0.1, -0.05) is 13.8 Å². The van der Waals surface area contributed by atoms with Crippen molar-refractivity contribution in [3.05, 3.63) is 0 Å². The van der Waals surface area contributed by atoms with Crippen molar-refractivity contribution in [2.45, 2.75) is 20.3 Å². The highest BCUT2D eigenvalue weighted by Gasteiger charge is 2.54. The molecule has 132 valence electrons. The zero-order chi connectivity index (χ0) is 16.5. The van der Waals surface area contributed by atoms with Crippen molar-refractivity contribution in [1.29, 1.82) is 0 Å². The molecule has 0 spiro atoms. The number of aliphatic carboxylic acids is 1. The lowest BCUT2D eigenvalue weighted by Crippen LogP contribution is -2.48. The molecule has 0 aliphatic carbocycles. The van der Waals surface area contributed by atoms with E-state index in [0.29, 0.717) is 19.8 Å². The number of fused-ring (bicyclic) bond motifs is 1. The molecule has 3 aliphatic heterocycles. The van der Waals surface area contributed by atoms with Crippen LogP contribution in [0, 0.1) is 16.7 Å². The van der Waals surface area contributed by atoms with Crippen LogP contribution in [0.4, 0.5) is 0 Å². The predicted molar refractivity (Wildman–Crippen MR) is 86.5 cm³/mol. The molecule has 0 aromatic carbocycles. The smallest absolute Gasteiger partial charge is 0.313 e. The summed E-state index contributed by atoms with van der Waals surface area (Å²) in [5, 5.41) is 9.75. The number of hydrogen-bond donors (Lipinski definition) is 1. The summed E-state index contributed by atoms with van der Waals surface area (Å²) >= 11 is 0. The topological polar surface area (TPSA) is 62.2 Å². The van der Waals surface area contributed by atoms with Crippen molar-refractivity contribution in [1.82, 2.24) is 9.80 Å². The van der Waals surface area contributed by atoms with Crippen LogP contribution in [-0.4, -0.2) is 86.6 Å². The van der Waals surface area contributed by atoms with Crippen molar-refractivity contribution < 1.29 is 19.4 Å². The SMILES string of the molecule is CC(C)(CN1CCOCC1)CN1C[C@@H]2CCOC[C@]2(C(=O)O)C1. The van der Waals surface area contributed by atoms with Gasteiger partial charge in [0.15, 0.2) is 0 Å². The summed E-state index contributed by atoms with van der Waals surface area (Å²) in [7, 11) is 0. The highest BCUT2D eigenvalue weighted by molar-refractivity contribution is 5.76. The van der Waals surface area contributed by atoms with Crippen LogP contribution < -0.4 is 0 Å². The molecule has 23 heavy (non-hydrogen) atoms. The number of rotatable bonds is 5. The number of carboxylic acids is 1. The van der Waals surface area contributed by atoms with Gasteiger partial charge in [0.2, 0.25) is 0 Å². The third kappa shape index (κ3) is 3.71. The van der Waals surface area contributed by atoms with Crippen LogP contribution >= 0.6 is 0 Å². The van der Waals surface area contributed by atoms with Crippen molar-refractivity contribution in [2.75, 3.05) is 65.7 Å². The normalized spacial score (nSPS) is 33.6. The Kier molecular flexibility index (Phi) is 4.97. The highest BCUT2D eigenvalue weighted by atomic mass is 16.5. The molecule has 6 nitrogen and oxygen atoms in total. The number of nitrogens with zero attached hydrogens (tertiary/aromatic N) is 2. The lowest BCUT2D eigenvalue weighted by atomic mass is 9.76. The fourth-order valence-corrected chi connectivity index (χ4v) is 4.53. The van der Waals surface area contributed by atoms with Crippen LogP contribution in [0.3, 0.4) is 0 Å². The summed E-state index contributed by atoms with van der Waals surface area (Å²) in [5.74, 6) is -0.455. The van der Waals surface area contributed by atoms with Gasteiger partial charge in [-0.25, -0.2) is 0 Å². The quantitative estimate of drug-likeness (QED) is 0.805. The maximum Gasteiger partial charge on any atom is 0.313 e. The van der Waals surface area contributed by atoms with E-state index >= 15 is 0 Å². The van der Waals surface area contributed by atoms with Gasteiger partial charge >= 0.3 is 5.97 Å². The highest BCUT2D eigenvalue weighted by Crippen LogP contribution is 2.42. The van der Waals surface area contributed by atoms with E-state index in [-0.39, 0.29) is 11.3 Å². The molecule has 0 bridgehead atoms. The molecule has 0 aromatic rings. The largest absolute Gasteiger partial charge is 0.481 e. The maximum absolute atomic E-state index is 11.9. The molecule has 0 unspecified atom stereocenters. The van der Waals surface area contributed by atoms with Gasteiger partial charge < -0.3 is 19.5 Å². The van der Waals surface area contributed by atoms with Crippen molar-refractivity contribution in [3.8, 4) is 0 Å². The average molecular weight is 326 g/mol. The molecular formula is C17H30N2O4. The van der Waals surface area contributed by atoms with Crippen LogP contribution in [-0.2, 0) is 14.3 Å². The second kappa shape index (κ2) is 6.67.